The maximum atomic E-state index is 11.5. The molecule has 0 aliphatic carbocycles. The zero-order valence-corrected chi connectivity index (χ0v) is 19.8. The molecule has 5 N–H and O–H groups in total. The fourth-order valence-corrected chi connectivity index (χ4v) is 2.95. The van der Waals surface area contributed by atoms with Crippen LogP contribution in [0.1, 0.15) is 21.9 Å². The maximum absolute atomic E-state index is 11.5. The van der Waals surface area contributed by atoms with Crippen molar-refractivity contribution < 1.29 is 14.3 Å². The monoisotopic (exact) mass is 464 g/mol. The Labute approximate surface area is 200 Å². The van der Waals surface area contributed by atoms with Gasteiger partial charge in [-0.15, -0.1) is 0 Å². The summed E-state index contributed by atoms with van der Waals surface area (Å²) in [5, 5.41) is 8.73. The van der Waals surface area contributed by atoms with Gasteiger partial charge in [-0.05, 0) is 37.2 Å². The van der Waals surface area contributed by atoms with E-state index in [2.05, 4.69) is 25.9 Å². The first-order valence-corrected chi connectivity index (χ1v) is 10.8. The molecule has 0 aliphatic heterocycles. The number of methoxy groups -OCH3 is 1. The number of nitrogens with zero attached hydrogens (tertiary/aromatic N) is 2. The predicted molar refractivity (Wildman–Crippen MR) is 135 cm³/mol. The van der Waals surface area contributed by atoms with Crippen LogP contribution in [-0.2, 0) is 16.1 Å². The van der Waals surface area contributed by atoms with Gasteiger partial charge in [0, 0.05) is 37.5 Å². The summed E-state index contributed by atoms with van der Waals surface area (Å²) in [6.07, 6.45) is 0.840. The summed E-state index contributed by atoms with van der Waals surface area (Å²) >= 11 is 0. The Balaban J connectivity index is 0.000000246. The first kappa shape index (κ1) is 26.4. The molecule has 0 atom stereocenters. The standard InChI is InChI=1S/C13H11NO.C12H21N5O2/c14-13-7-5-12(6-8-13)11-3-1-10(9-15)2-4-11;1-9-16-10(7-13-2)6-11(17-9)15-8-12(18)14-4-5-19-3/h1-9H,14H2;6,13H,4-5,7-8H2,1-3H3,(H,14,18)(H,15,16,17). The number of aromatic nitrogens is 2. The van der Waals surface area contributed by atoms with Crippen LogP contribution < -0.4 is 21.7 Å². The zero-order valence-electron chi connectivity index (χ0n) is 19.8. The third-order valence-electron chi connectivity index (χ3n) is 4.60. The number of aldehydes is 1. The predicted octanol–water partition coefficient (Wildman–Crippen LogP) is 2.43. The van der Waals surface area contributed by atoms with Gasteiger partial charge in [0.1, 0.15) is 17.9 Å². The van der Waals surface area contributed by atoms with Gasteiger partial charge in [-0.1, -0.05) is 36.4 Å². The molecule has 180 valence electrons. The lowest BCUT2D eigenvalue weighted by atomic mass is 10.0. The van der Waals surface area contributed by atoms with E-state index in [1.807, 2.05) is 56.4 Å². The van der Waals surface area contributed by atoms with Gasteiger partial charge in [-0.25, -0.2) is 9.97 Å². The molecule has 0 radical (unpaired) electrons. The van der Waals surface area contributed by atoms with E-state index in [9.17, 15) is 9.59 Å². The molecule has 2 aromatic carbocycles. The van der Waals surface area contributed by atoms with Crippen molar-refractivity contribution >= 4 is 23.7 Å². The highest BCUT2D eigenvalue weighted by atomic mass is 16.5. The lowest BCUT2D eigenvalue weighted by Crippen LogP contribution is -2.32. The second-order valence-electron chi connectivity index (χ2n) is 7.38. The number of rotatable bonds is 10. The normalized spacial score (nSPS) is 10.1. The molecule has 9 nitrogen and oxygen atoms in total. The highest BCUT2D eigenvalue weighted by Gasteiger charge is 2.04. The van der Waals surface area contributed by atoms with Crippen molar-refractivity contribution in [2.45, 2.75) is 13.5 Å². The van der Waals surface area contributed by atoms with E-state index in [0.29, 0.717) is 36.9 Å². The van der Waals surface area contributed by atoms with Crippen molar-refractivity contribution in [2.75, 3.05) is 44.9 Å². The van der Waals surface area contributed by atoms with E-state index in [1.165, 1.54) is 0 Å². The highest BCUT2D eigenvalue weighted by molar-refractivity contribution is 5.80. The quantitative estimate of drug-likeness (QED) is 0.204. The molecule has 9 heteroatoms. The molecular formula is C25H32N6O3. The van der Waals surface area contributed by atoms with Gasteiger partial charge in [0.25, 0.3) is 0 Å². The molecule has 0 saturated heterocycles. The summed E-state index contributed by atoms with van der Waals surface area (Å²) in [6.45, 7) is 3.68. The number of nitrogens with one attached hydrogen (secondary N) is 3. The minimum atomic E-state index is -0.0940. The lowest BCUT2D eigenvalue weighted by molar-refractivity contribution is -0.119. The van der Waals surface area contributed by atoms with Crippen LogP contribution in [0.3, 0.4) is 0 Å². The first-order chi connectivity index (χ1) is 16.4. The fourth-order valence-electron chi connectivity index (χ4n) is 2.95. The van der Waals surface area contributed by atoms with E-state index in [1.54, 1.807) is 19.2 Å². The number of nitrogen functional groups attached to an aromatic ring is 1. The van der Waals surface area contributed by atoms with Crippen molar-refractivity contribution in [3.05, 3.63) is 71.7 Å². The van der Waals surface area contributed by atoms with E-state index in [4.69, 9.17) is 10.5 Å². The van der Waals surface area contributed by atoms with Crippen molar-refractivity contribution in [2.24, 2.45) is 0 Å². The van der Waals surface area contributed by atoms with Crippen LogP contribution in [0.15, 0.2) is 54.6 Å². The van der Waals surface area contributed by atoms with Crippen LogP contribution >= 0.6 is 0 Å². The molecule has 3 rings (SSSR count). The average molecular weight is 465 g/mol. The molecule has 1 aromatic heterocycles. The van der Waals surface area contributed by atoms with Crippen LogP contribution in [0.4, 0.5) is 11.5 Å². The van der Waals surface area contributed by atoms with Gasteiger partial charge in [0.15, 0.2) is 0 Å². The average Bonchev–Trinajstić information content (AvgIpc) is 2.84. The van der Waals surface area contributed by atoms with E-state index in [0.717, 1.165) is 28.8 Å². The van der Waals surface area contributed by atoms with Gasteiger partial charge in [-0.3, -0.25) is 9.59 Å². The van der Waals surface area contributed by atoms with Crippen LogP contribution in [0.25, 0.3) is 11.1 Å². The van der Waals surface area contributed by atoms with Gasteiger partial charge in [-0.2, -0.15) is 0 Å². The molecular weight excluding hydrogens is 432 g/mol. The van der Waals surface area contributed by atoms with E-state index >= 15 is 0 Å². The Kier molecular flexibility index (Phi) is 11.2. The summed E-state index contributed by atoms with van der Waals surface area (Å²) in [5.74, 6) is 1.23. The maximum Gasteiger partial charge on any atom is 0.239 e. The minimum absolute atomic E-state index is 0.0940. The number of carbonyl (C=O) groups excluding carboxylic acids is 2. The molecule has 0 bridgehead atoms. The molecule has 3 aromatic rings. The van der Waals surface area contributed by atoms with Crippen molar-refractivity contribution in [3.63, 3.8) is 0 Å². The summed E-state index contributed by atoms with van der Waals surface area (Å²) in [5.41, 5.74) is 10.1. The fraction of sp³-hybridized carbons (Fsp3) is 0.280. The van der Waals surface area contributed by atoms with Gasteiger partial charge >= 0.3 is 0 Å². The SMILES string of the molecule is CNCc1cc(NCC(=O)NCCOC)nc(C)n1.Nc1ccc(-c2ccc(C=O)cc2)cc1. The van der Waals surface area contributed by atoms with Crippen molar-refractivity contribution in [3.8, 4) is 11.1 Å². The van der Waals surface area contributed by atoms with Crippen molar-refractivity contribution in [1.29, 1.82) is 0 Å². The van der Waals surface area contributed by atoms with Gasteiger partial charge < -0.3 is 26.4 Å². The van der Waals surface area contributed by atoms with Gasteiger partial charge in [0.2, 0.25) is 5.91 Å². The highest BCUT2D eigenvalue weighted by Crippen LogP contribution is 2.20. The van der Waals surface area contributed by atoms with Crippen LogP contribution in [-0.4, -0.2) is 56.0 Å². The third kappa shape index (κ3) is 9.35. The second kappa shape index (κ2) is 14.4. The number of hydrogen-bond acceptors (Lipinski definition) is 8. The largest absolute Gasteiger partial charge is 0.399 e. The number of aryl methyl sites for hydroxylation is 1. The molecule has 0 saturated carbocycles. The number of nitrogens with two attached hydrogens (primary N) is 1. The number of carbonyl (C=O) groups is 2. The molecule has 1 amide bonds. The Morgan fingerprint density at radius 3 is 2.29 bits per heavy atom. The lowest BCUT2D eigenvalue weighted by Gasteiger charge is -2.09. The number of anilines is 2. The second-order valence-corrected chi connectivity index (χ2v) is 7.38. The summed E-state index contributed by atoms with van der Waals surface area (Å²) in [6, 6.07) is 16.9. The molecule has 0 fully saturated rings. The number of benzene rings is 2. The Morgan fingerprint density at radius 1 is 1.06 bits per heavy atom. The Morgan fingerprint density at radius 2 is 1.71 bits per heavy atom. The number of hydrogen-bond donors (Lipinski definition) is 4. The molecule has 34 heavy (non-hydrogen) atoms. The minimum Gasteiger partial charge on any atom is -0.399 e. The Hall–Kier alpha value is -3.82. The van der Waals surface area contributed by atoms with Crippen LogP contribution in [0, 0.1) is 6.92 Å². The molecule has 0 aliphatic rings. The summed E-state index contributed by atoms with van der Waals surface area (Å²) < 4.78 is 4.85. The van der Waals surface area contributed by atoms with Crippen molar-refractivity contribution in [1.82, 2.24) is 20.6 Å². The summed E-state index contributed by atoms with van der Waals surface area (Å²) in [7, 11) is 3.45. The molecule has 0 spiro atoms. The van der Waals surface area contributed by atoms with E-state index in [-0.39, 0.29) is 12.5 Å². The first-order valence-electron chi connectivity index (χ1n) is 10.8. The molecule has 1 heterocycles. The number of ether oxygens (including phenoxy) is 1. The molecule has 0 unspecified atom stereocenters. The topological polar surface area (TPSA) is 131 Å². The smallest absolute Gasteiger partial charge is 0.239 e. The summed E-state index contributed by atoms with van der Waals surface area (Å²) in [4.78, 5) is 30.5. The number of amides is 1. The Bertz CT molecular complexity index is 1040. The van der Waals surface area contributed by atoms with Gasteiger partial charge in [0.05, 0.1) is 18.8 Å². The van der Waals surface area contributed by atoms with Crippen LogP contribution in [0.2, 0.25) is 0 Å². The zero-order chi connectivity index (χ0) is 24.8. The van der Waals surface area contributed by atoms with E-state index < -0.39 is 0 Å². The third-order valence-corrected chi connectivity index (χ3v) is 4.60. The van der Waals surface area contributed by atoms with Crippen LogP contribution in [0.5, 0.6) is 0 Å².